The minimum atomic E-state index is -2.84. The molecule has 0 atom stereocenters. The van der Waals surface area contributed by atoms with Crippen molar-refractivity contribution in [3.05, 3.63) is 212 Å². The van der Waals surface area contributed by atoms with Gasteiger partial charge in [-0.3, -0.25) is 0 Å². The second-order valence-electron chi connectivity index (χ2n) is 15.8. The molecule has 0 N–H and O–H groups in total. The van der Waals surface area contributed by atoms with Gasteiger partial charge in [-0.2, -0.15) is 5.26 Å². The molecule has 62 heavy (non-hydrogen) atoms. The van der Waals surface area contributed by atoms with Crippen LogP contribution in [0.25, 0.3) is 78.3 Å². The van der Waals surface area contributed by atoms with Gasteiger partial charge in [0.05, 0.1) is 11.6 Å². The molecule has 0 amide bonds. The van der Waals surface area contributed by atoms with Crippen LogP contribution in [0.3, 0.4) is 0 Å². The first-order chi connectivity index (χ1) is 30.7. The molecule has 0 saturated carbocycles. The Labute approximate surface area is 359 Å². The largest absolute Gasteiger partial charge is 0.458 e. The van der Waals surface area contributed by atoms with E-state index in [1.807, 2.05) is 66.7 Å². The van der Waals surface area contributed by atoms with E-state index in [1.165, 1.54) is 31.9 Å². The number of rotatable bonds is 5. The maximum absolute atomic E-state index is 9.42. The highest BCUT2D eigenvalue weighted by atomic mass is 28.3. The predicted octanol–water partition coefficient (Wildman–Crippen LogP) is 10.7. The Hall–Kier alpha value is -8.24. The Morgan fingerprint density at radius 3 is 1.76 bits per heavy atom. The van der Waals surface area contributed by atoms with E-state index in [-0.39, 0.29) is 0 Å². The van der Waals surface area contributed by atoms with Crippen LogP contribution in [-0.2, 0) is 0 Å². The van der Waals surface area contributed by atoms with E-state index in [1.54, 1.807) is 0 Å². The summed E-state index contributed by atoms with van der Waals surface area (Å²) in [7, 11) is -2.84. The van der Waals surface area contributed by atoms with Crippen molar-refractivity contribution in [2.24, 2.45) is 0 Å². The molecule has 6 heteroatoms. The van der Waals surface area contributed by atoms with Crippen molar-refractivity contribution in [3.8, 4) is 85.1 Å². The van der Waals surface area contributed by atoms with Gasteiger partial charge >= 0.3 is 0 Å². The van der Waals surface area contributed by atoms with E-state index in [0.29, 0.717) is 23.0 Å². The van der Waals surface area contributed by atoms with Crippen LogP contribution in [-0.4, -0.2) is 23.0 Å². The number of aromatic nitrogens is 3. The van der Waals surface area contributed by atoms with E-state index >= 15 is 0 Å². The topological polar surface area (TPSA) is 71.7 Å². The summed E-state index contributed by atoms with van der Waals surface area (Å²) in [5, 5.41) is 16.8. The number of nitriles is 1. The van der Waals surface area contributed by atoms with Gasteiger partial charge in [0.1, 0.15) is 11.5 Å². The molecular weight excluding hydrogens is 773 g/mol. The lowest BCUT2D eigenvalue weighted by molar-refractivity contribution is 0.487. The monoisotopic (exact) mass is 806 g/mol. The third kappa shape index (κ3) is 5.50. The van der Waals surface area contributed by atoms with Gasteiger partial charge in [-0.25, -0.2) is 15.0 Å². The molecule has 1 aromatic heterocycles. The van der Waals surface area contributed by atoms with Crippen LogP contribution in [0, 0.1) is 11.3 Å². The Kier molecular flexibility index (Phi) is 8.17. The molecule has 3 heterocycles. The number of para-hydroxylation sites is 1. The van der Waals surface area contributed by atoms with Gasteiger partial charge in [-0.15, -0.1) is 0 Å². The molecule has 5 nitrogen and oxygen atoms in total. The zero-order chi connectivity index (χ0) is 41.2. The zero-order valence-corrected chi connectivity index (χ0v) is 34.3. The molecule has 9 aromatic carbocycles. The summed E-state index contributed by atoms with van der Waals surface area (Å²) < 4.78 is 6.84. The summed E-state index contributed by atoms with van der Waals surface area (Å²) in [6.07, 6.45) is 0. The van der Waals surface area contributed by atoms with Gasteiger partial charge in [-0.05, 0) is 95.2 Å². The van der Waals surface area contributed by atoms with Crippen LogP contribution in [0.15, 0.2) is 206 Å². The van der Waals surface area contributed by atoms with Crippen LogP contribution >= 0.6 is 0 Å². The zero-order valence-electron chi connectivity index (χ0n) is 33.3. The van der Waals surface area contributed by atoms with Gasteiger partial charge in [0.2, 0.25) is 0 Å². The summed E-state index contributed by atoms with van der Waals surface area (Å²) in [6, 6.07) is 74.5. The van der Waals surface area contributed by atoms with Crippen molar-refractivity contribution in [1.29, 1.82) is 5.26 Å². The number of ether oxygens (including phenoxy) is 1. The van der Waals surface area contributed by atoms with Crippen molar-refractivity contribution >= 4 is 39.6 Å². The SMILES string of the molecule is N#Cc1ccc(-c2cccc(-c3nc(-c4ccccc4)nc(-c4c(-c5ccc6c(c5)[Si]5(c7ccccc7O6)c6ccccc6-c6ccccc65)ccc5ccccc45)n3)c2)cc1. The molecule has 2 aliphatic rings. The van der Waals surface area contributed by atoms with Crippen LogP contribution in [0.2, 0.25) is 0 Å². The molecular formula is C56H34N4OSi. The highest BCUT2D eigenvalue weighted by Crippen LogP contribution is 2.41. The minimum Gasteiger partial charge on any atom is -0.458 e. The minimum absolute atomic E-state index is 0.573. The highest BCUT2D eigenvalue weighted by molar-refractivity contribution is 7.23. The molecule has 2 aliphatic heterocycles. The molecule has 10 aromatic rings. The third-order valence-electron chi connectivity index (χ3n) is 12.4. The first-order valence-electron chi connectivity index (χ1n) is 20.7. The Morgan fingerprint density at radius 2 is 0.984 bits per heavy atom. The van der Waals surface area contributed by atoms with Crippen molar-refractivity contribution in [2.45, 2.75) is 0 Å². The van der Waals surface area contributed by atoms with Crippen LogP contribution in [0.4, 0.5) is 0 Å². The van der Waals surface area contributed by atoms with E-state index in [4.69, 9.17) is 19.7 Å². The van der Waals surface area contributed by atoms with E-state index in [9.17, 15) is 5.26 Å². The second kappa shape index (κ2) is 14.2. The van der Waals surface area contributed by atoms with Gasteiger partial charge < -0.3 is 4.74 Å². The molecule has 1 spiro atoms. The Bertz CT molecular complexity index is 3420. The maximum atomic E-state index is 9.42. The standard InChI is InChI=1S/C56H34N4OSi/c57-35-36-25-27-37(28-26-36)40-16-12-17-42(33-40)55-58-54(39-14-2-1-3-15-39)59-56(60-55)53-43-18-5-4-13-38(43)29-31-44(53)41-30-32-48-52(34-41)62(51-24-11-8-21-47(51)61-48)49-22-9-6-19-45(49)46-20-7-10-23-50(46)62/h1-34H. The highest BCUT2D eigenvalue weighted by Gasteiger charge is 2.53. The van der Waals surface area contributed by atoms with Gasteiger partial charge in [0, 0.05) is 16.7 Å². The van der Waals surface area contributed by atoms with E-state index in [0.717, 1.165) is 61.2 Å². The molecule has 0 saturated heterocycles. The van der Waals surface area contributed by atoms with Crippen molar-refractivity contribution in [3.63, 3.8) is 0 Å². The first kappa shape index (κ1) is 35.7. The number of fused-ring (bicyclic) bond motifs is 10. The van der Waals surface area contributed by atoms with E-state index < -0.39 is 8.07 Å². The van der Waals surface area contributed by atoms with Gasteiger partial charge in [0.15, 0.2) is 25.5 Å². The first-order valence-corrected chi connectivity index (χ1v) is 22.7. The van der Waals surface area contributed by atoms with Crippen molar-refractivity contribution in [2.75, 3.05) is 0 Å². The average Bonchev–Trinajstić information content (AvgIpc) is 3.64. The fourth-order valence-electron chi connectivity index (χ4n) is 9.69. The smallest absolute Gasteiger partial charge is 0.189 e. The lowest BCUT2D eigenvalue weighted by Crippen LogP contribution is -2.74. The molecule has 0 radical (unpaired) electrons. The van der Waals surface area contributed by atoms with Crippen molar-refractivity contribution in [1.82, 2.24) is 15.0 Å². The number of hydrogen-bond donors (Lipinski definition) is 0. The Balaban J connectivity index is 1.10. The molecule has 12 rings (SSSR count). The average molecular weight is 807 g/mol. The van der Waals surface area contributed by atoms with Crippen LogP contribution < -0.4 is 25.5 Å². The molecule has 0 fully saturated rings. The normalized spacial score (nSPS) is 12.8. The quantitative estimate of drug-likeness (QED) is 0.162. The fourth-order valence-corrected chi connectivity index (χ4v) is 15.1. The summed E-state index contributed by atoms with van der Waals surface area (Å²) in [4.78, 5) is 15.8. The number of nitrogens with zero attached hydrogens (tertiary/aromatic N) is 4. The van der Waals surface area contributed by atoms with Crippen LogP contribution in [0.5, 0.6) is 11.5 Å². The summed E-state index contributed by atoms with van der Waals surface area (Å²) >= 11 is 0. The van der Waals surface area contributed by atoms with Gasteiger partial charge in [0.25, 0.3) is 0 Å². The number of benzene rings is 9. The predicted molar refractivity (Wildman–Crippen MR) is 252 cm³/mol. The molecule has 0 unspecified atom stereocenters. The maximum Gasteiger partial charge on any atom is 0.189 e. The lowest BCUT2D eigenvalue weighted by atomic mass is 9.93. The Morgan fingerprint density at radius 1 is 0.387 bits per heavy atom. The molecule has 288 valence electrons. The van der Waals surface area contributed by atoms with E-state index in [2.05, 4.69) is 146 Å². The fraction of sp³-hybridized carbons (Fsp3) is 0. The number of hydrogen-bond acceptors (Lipinski definition) is 5. The third-order valence-corrected chi connectivity index (χ3v) is 17.4. The summed E-state index contributed by atoms with van der Waals surface area (Å²) in [5.74, 6) is 3.57. The summed E-state index contributed by atoms with van der Waals surface area (Å²) in [5.41, 5.74) is 10.0. The van der Waals surface area contributed by atoms with Crippen molar-refractivity contribution < 1.29 is 4.74 Å². The second-order valence-corrected chi connectivity index (χ2v) is 19.5. The molecule has 0 bridgehead atoms. The summed E-state index contributed by atoms with van der Waals surface area (Å²) in [6.45, 7) is 0. The van der Waals surface area contributed by atoms with Crippen LogP contribution in [0.1, 0.15) is 5.56 Å². The lowest BCUT2D eigenvalue weighted by Gasteiger charge is -2.37. The molecule has 0 aliphatic carbocycles. The van der Waals surface area contributed by atoms with Gasteiger partial charge in [-0.1, -0.05) is 176 Å².